The fourth-order valence-corrected chi connectivity index (χ4v) is 1.98. The molecule has 1 saturated heterocycles. The molecule has 0 saturated carbocycles. The summed E-state index contributed by atoms with van der Waals surface area (Å²) in [6.07, 6.45) is 3.51. The third kappa shape index (κ3) is 5.21. The van der Waals surface area contributed by atoms with E-state index < -0.39 is 0 Å². The zero-order chi connectivity index (χ0) is 12.7. The van der Waals surface area contributed by atoms with Crippen molar-refractivity contribution in [2.24, 2.45) is 0 Å². The summed E-state index contributed by atoms with van der Waals surface area (Å²) >= 11 is 0. The lowest BCUT2D eigenvalue weighted by molar-refractivity contribution is -0.132. The molecule has 5 heteroatoms. The summed E-state index contributed by atoms with van der Waals surface area (Å²) in [4.78, 5) is 16.1. The van der Waals surface area contributed by atoms with E-state index in [9.17, 15) is 4.79 Å². The summed E-state index contributed by atoms with van der Waals surface area (Å²) in [5, 5.41) is 3.32. The summed E-state index contributed by atoms with van der Waals surface area (Å²) in [6.45, 7) is 14.0. The van der Waals surface area contributed by atoms with E-state index in [2.05, 4.69) is 30.3 Å². The number of carbonyl (C=O) groups excluding carboxylic acids is 1. The molecule has 0 aromatic heterocycles. The van der Waals surface area contributed by atoms with E-state index in [1.54, 1.807) is 17.1 Å². The maximum absolute atomic E-state index is 12.1. The van der Waals surface area contributed by atoms with Gasteiger partial charge in [-0.3, -0.25) is 9.69 Å². The number of rotatable bonds is 6. The van der Waals surface area contributed by atoms with Crippen molar-refractivity contribution in [2.75, 3.05) is 39.3 Å². The molecule has 1 aliphatic rings. The van der Waals surface area contributed by atoms with Crippen LogP contribution in [0.5, 0.6) is 0 Å². The van der Waals surface area contributed by atoms with Gasteiger partial charge in [0.2, 0.25) is 5.91 Å². The van der Waals surface area contributed by atoms with E-state index in [4.69, 9.17) is 0 Å². The van der Waals surface area contributed by atoms with Crippen molar-refractivity contribution in [3.05, 3.63) is 25.3 Å². The van der Waals surface area contributed by atoms with E-state index in [-0.39, 0.29) is 18.3 Å². The summed E-state index contributed by atoms with van der Waals surface area (Å²) in [5.41, 5.74) is 0. The van der Waals surface area contributed by atoms with Crippen molar-refractivity contribution in [3.63, 3.8) is 0 Å². The molecule has 18 heavy (non-hydrogen) atoms. The number of piperazine rings is 1. The molecule has 104 valence electrons. The molecule has 1 atom stereocenters. The molecule has 1 heterocycles. The monoisotopic (exact) mass is 273 g/mol. The molecule has 0 aromatic rings. The zero-order valence-corrected chi connectivity index (χ0v) is 11.9. The number of carbonyl (C=O) groups is 1. The van der Waals surface area contributed by atoms with Crippen LogP contribution < -0.4 is 5.32 Å². The molecule has 1 N–H and O–H groups in total. The highest BCUT2D eigenvalue weighted by Crippen LogP contribution is 2.03. The average molecular weight is 274 g/mol. The van der Waals surface area contributed by atoms with E-state index in [1.807, 2.05) is 0 Å². The second-order valence-electron chi connectivity index (χ2n) is 4.40. The van der Waals surface area contributed by atoms with Gasteiger partial charge in [0.25, 0.3) is 0 Å². The van der Waals surface area contributed by atoms with Gasteiger partial charge in [0.1, 0.15) is 0 Å². The van der Waals surface area contributed by atoms with Gasteiger partial charge < -0.3 is 10.2 Å². The summed E-state index contributed by atoms with van der Waals surface area (Å²) in [6, 6.07) is 0.419. The third-order valence-electron chi connectivity index (χ3n) is 3.03. The largest absolute Gasteiger partial charge is 0.334 e. The molecular formula is C13H24ClN3O. The van der Waals surface area contributed by atoms with Crippen LogP contribution in [0.2, 0.25) is 0 Å². The van der Waals surface area contributed by atoms with Gasteiger partial charge >= 0.3 is 0 Å². The lowest BCUT2D eigenvalue weighted by Gasteiger charge is -2.34. The Bertz CT molecular complexity index is 273. The highest BCUT2D eigenvalue weighted by atomic mass is 35.5. The summed E-state index contributed by atoms with van der Waals surface area (Å²) < 4.78 is 0. The zero-order valence-electron chi connectivity index (χ0n) is 11.1. The van der Waals surface area contributed by atoms with Crippen LogP contribution in [-0.2, 0) is 4.79 Å². The lowest BCUT2D eigenvalue weighted by Crippen LogP contribution is -2.53. The maximum Gasteiger partial charge on any atom is 0.237 e. The molecule has 0 unspecified atom stereocenters. The first-order valence-corrected chi connectivity index (χ1v) is 6.13. The molecule has 0 radical (unpaired) electrons. The fourth-order valence-electron chi connectivity index (χ4n) is 1.98. The van der Waals surface area contributed by atoms with Crippen LogP contribution in [0.15, 0.2) is 25.3 Å². The van der Waals surface area contributed by atoms with Crippen LogP contribution in [0.1, 0.15) is 6.92 Å². The highest BCUT2D eigenvalue weighted by Gasteiger charge is 2.22. The van der Waals surface area contributed by atoms with Crippen molar-refractivity contribution in [3.8, 4) is 0 Å². The van der Waals surface area contributed by atoms with Gasteiger partial charge in [0.05, 0.1) is 6.54 Å². The number of hydrogen-bond acceptors (Lipinski definition) is 3. The number of nitrogens with one attached hydrogen (secondary N) is 1. The molecule has 0 bridgehead atoms. The molecule has 1 fully saturated rings. The van der Waals surface area contributed by atoms with Gasteiger partial charge in [0, 0.05) is 38.8 Å². The Hall–Kier alpha value is -0.840. The number of hydrogen-bond donors (Lipinski definition) is 1. The first-order valence-electron chi connectivity index (χ1n) is 6.13. The van der Waals surface area contributed by atoms with Crippen molar-refractivity contribution < 1.29 is 4.79 Å². The molecule has 0 aromatic carbocycles. The normalized spacial score (nSPS) is 19.7. The van der Waals surface area contributed by atoms with Crippen molar-refractivity contribution in [2.45, 2.75) is 13.0 Å². The SMILES string of the molecule is C=CCN(CC=C)C(=O)CN1CCNC[C@@H]1C.Cl. The molecule has 4 nitrogen and oxygen atoms in total. The first-order chi connectivity index (χ1) is 8.19. The Kier molecular flexibility index (Phi) is 8.71. The molecule has 1 rings (SSSR count). The van der Waals surface area contributed by atoms with Gasteiger partial charge in [-0.15, -0.1) is 25.6 Å². The standard InChI is InChI=1S/C13H23N3O.ClH/c1-4-7-15(8-5-2)13(17)11-16-9-6-14-10-12(16)3;/h4-5,12,14H,1-2,6-11H2,3H3;1H/t12-;/m0./s1. The predicted molar refractivity (Wildman–Crippen MR) is 78.1 cm³/mol. The minimum atomic E-state index is 0. The first kappa shape index (κ1) is 17.2. The van der Waals surface area contributed by atoms with Crippen LogP contribution in [0.4, 0.5) is 0 Å². The molecular weight excluding hydrogens is 250 g/mol. The minimum absolute atomic E-state index is 0. The van der Waals surface area contributed by atoms with Gasteiger partial charge in [-0.2, -0.15) is 0 Å². The Morgan fingerprint density at radius 3 is 2.56 bits per heavy atom. The maximum atomic E-state index is 12.1. The van der Waals surface area contributed by atoms with E-state index >= 15 is 0 Å². The van der Waals surface area contributed by atoms with Gasteiger partial charge in [-0.1, -0.05) is 12.2 Å². The molecule has 1 aliphatic heterocycles. The van der Waals surface area contributed by atoms with Crippen LogP contribution in [0.3, 0.4) is 0 Å². The topological polar surface area (TPSA) is 35.6 Å². The van der Waals surface area contributed by atoms with Crippen LogP contribution in [0, 0.1) is 0 Å². The molecule has 0 spiro atoms. The van der Waals surface area contributed by atoms with Crippen molar-refractivity contribution in [1.29, 1.82) is 0 Å². The van der Waals surface area contributed by atoms with Crippen molar-refractivity contribution >= 4 is 18.3 Å². The van der Waals surface area contributed by atoms with Crippen LogP contribution >= 0.6 is 12.4 Å². The summed E-state index contributed by atoms with van der Waals surface area (Å²) in [5.74, 6) is 0.151. The minimum Gasteiger partial charge on any atom is -0.334 e. The fraction of sp³-hybridized carbons (Fsp3) is 0.615. The van der Waals surface area contributed by atoms with E-state index in [0.717, 1.165) is 19.6 Å². The molecule has 0 aliphatic carbocycles. The van der Waals surface area contributed by atoms with Crippen LogP contribution in [-0.4, -0.2) is 61.0 Å². The van der Waals surface area contributed by atoms with Crippen LogP contribution in [0.25, 0.3) is 0 Å². The second kappa shape index (κ2) is 9.14. The Balaban J connectivity index is 0.00000289. The van der Waals surface area contributed by atoms with Gasteiger partial charge in [-0.25, -0.2) is 0 Å². The quantitative estimate of drug-likeness (QED) is 0.731. The number of halogens is 1. The Morgan fingerprint density at radius 2 is 2.06 bits per heavy atom. The van der Waals surface area contributed by atoms with E-state index in [1.165, 1.54) is 0 Å². The van der Waals surface area contributed by atoms with Gasteiger partial charge in [0.15, 0.2) is 0 Å². The van der Waals surface area contributed by atoms with Gasteiger partial charge in [-0.05, 0) is 6.92 Å². The average Bonchev–Trinajstić information content (AvgIpc) is 2.32. The predicted octanol–water partition coefficient (Wildman–Crippen LogP) is 0.903. The Morgan fingerprint density at radius 1 is 1.44 bits per heavy atom. The smallest absolute Gasteiger partial charge is 0.237 e. The second-order valence-corrected chi connectivity index (χ2v) is 4.40. The number of amides is 1. The molecule has 1 amide bonds. The number of nitrogens with zero attached hydrogens (tertiary/aromatic N) is 2. The Labute approximate surface area is 116 Å². The third-order valence-corrected chi connectivity index (χ3v) is 3.03. The lowest BCUT2D eigenvalue weighted by atomic mass is 10.2. The van der Waals surface area contributed by atoms with E-state index in [0.29, 0.717) is 25.7 Å². The van der Waals surface area contributed by atoms with Crippen molar-refractivity contribution in [1.82, 2.24) is 15.1 Å². The summed E-state index contributed by atoms with van der Waals surface area (Å²) in [7, 11) is 0. The highest BCUT2D eigenvalue weighted by molar-refractivity contribution is 5.85.